The molecule has 4 nitrogen and oxygen atoms in total. The lowest BCUT2D eigenvalue weighted by molar-refractivity contribution is 0.111. The van der Waals surface area contributed by atoms with Crippen LogP contribution < -0.4 is 10.6 Å². The first-order valence-corrected chi connectivity index (χ1v) is 7.71. The largest absolute Gasteiger partial charge is 0.381 e. The standard InChI is InChI=1S/C16H24FN3O/c17-14-1-3-15(4-2-14)20-8-6-19(7-9-20)12-16(11-18)5-10-21-13-16/h1-4H,5-13,18H2. The van der Waals surface area contributed by atoms with E-state index in [0.29, 0.717) is 6.54 Å². The number of halogens is 1. The highest BCUT2D eigenvalue weighted by molar-refractivity contribution is 5.46. The molecule has 1 unspecified atom stereocenters. The Balaban J connectivity index is 1.54. The summed E-state index contributed by atoms with van der Waals surface area (Å²) in [6.45, 7) is 7.37. The van der Waals surface area contributed by atoms with Crippen LogP contribution in [0.25, 0.3) is 0 Å². The molecule has 2 aliphatic rings. The lowest BCUT2D eigenvalue weighted by Crippen LogP contribution is -2.51. The molecule has 2 N–H and O–H groups in total. The Kier molecular flexibility index (Phi) is 4.42. The molecular formula is C16H24FN3O. The number of nitrogens with zero attached hydrogens (tertiary/aromatic N) is 2. The smallest absolute Gasteiger partial charge is 0.123 e. The Morgan fingerprint density at radius 1 is 1.14 bits per heavy atom. The molecule has 2 heterocycles. The van der Waals surface area contributed by atoms with E-state index in [-0.39, 0.29) is 11.2 Å². The first-order chi connectivity index (χ1) is 10.2. The van der Waals surface area contributed by atoms with E-state index in [4.69, 9.17) is 10.5 Å². The van der Waals surface area contributed by atoms with E-state index in [0.717, 1.165) is 58.0 Å². The van der Waals surface area contributed by atoms with E-state index in [1.807, 2.05) is 12.1 Å². The van der Waals surface area contributed by atoms with Crippen LogP contribution in [-0.2, 0) is 4.74 Å². The molecule has 2 fully saturated rings. The van der Waals surface area contributed by atoms with Gasteiger partial charge in [0.2, 0.25) is 0 Å². The summed E-state index contributed by atoms with van der Waals surface area (Å²) < 4.78 is 18.5. The number of nitrogens with two attached hydrogens (primary N) is 1. The van der Waals surface area contributed by atoms with E-state index in [2.05, 4.69) is 9.80 Å². The summed E-state index contributed by atoms with van der Waals surface area (Å²) in [7, 11) is 0. The van der Waals surface area contributed by atoms with Crippen LogP contribution in [0.2, 0.25) is 0 Å². The highest BCUT2D eigenvalue weighted by Crippen LogP contribution is 2.29. The van der Waals surface area contributed by atoms with Crippen LogP contribution in [0.5, 0.6) is 0 Å². The molecule has 0 saturated carbocycles. The van der Waals surface area contributed by atoms with Crippen LogP contribution in [-0.4, -0.2) is 57.4 Å². The predicted octanol–water partition coefficient (Wildman–Crippen LogP) is 1.31. The second-order valence-corrected chi connectivity index (χ2v) is 6.25. The van der Waals surface area contributed by atoms with Crippen molar-refractivity contribution in [3.8, 4) is 0 Å². The minimum atomic E-state index is -0.177. The maximum atomic E-state index is 13.0. The highest BCUT2D eigenvalue weighted by atomic mass is 19.1. The van der Waals surface area contributed by atoms with Gasteiger partial charge in [-0.05, 0) is 30.7 Å². The van der Waals surface area contributed by atoms with Crippen molar-refractivity contribution in [3.63, 3.8) is 0 Å². The molecule has 2 aliphatic heterocycles. The van der Waals surface area contributed by atoms with Gasteiger partial charge in [0.1, 0.15) is 5.82 Å². The quantitative estimate of drug-likeness (QED) is 0.909. The average Bonchev–Trinajstić information content (AvgIpc) is 2.98. The molecule has 1 aromatic carbocycles. The Bertz CT molecular complexity index is 451. The molecular weight excluding hydrogens is 269 g/mol. The fraction of sp³-hybridized carbons (Fsp3) is 0.625. The number of ether oxygens (including phenoxy) is 1. The zero-order chi connectivity index (χ0) is 14.7. The van der Waals surface area contributed by atoms with Gasteiger partial charge in [-0.1, -0.05) is 0 Å². The number of rotatable bonds is 4. The van der Waals surface area contributed by atoms with Crippen LogP contribution >= 0.6 is 0 Å². The van der Waals surface area contributed by atoms with Crippen LogP contribution in [0, 0.1) is 11.2 Å². The van der Waals surface area contributed by atoms with Crippen molar-refractivity contribution in [2.24, 2.45) is 11.1 Å². The van der Waals surface area contributed by atoms with E-state index >= 15 is 0 Å². The van der Waals surface area contributed by atoms with Gasteiger partial charge in [0, 0.05) is 57.0 Å². The third-order valence-electron chi connectivity index (χ3n) is 4.74. The van der Waals surface area contributed by atoms with Crippen LogP contribution in [0.1, 0.15) is 6.42 Å². The molecule has 0 spiro atoms. The molecule has 0 amide bonds. The third-order valence-corrected chi connectivity index (χ3v) is 4.74. The molecule has 1 atom stereocenters. The molecule has 1 aromatic rings. The van der Waals surface area contributed by atoms with Crippen molar-refractivity contribution in [3.05, 3.63) is 30.1 Å². The predicted molar refractivity (Wildman–Crippen MR) is 82.0 cm³/mol. The summed E-state index contributed by atoms with van der Waals surface area (Å²) in [5.41, 5.74) is 7.22. The van der Waals surface area contributed by atoms with Gasteiger partial charge in [-0.25, -0.2) is 4.39 Å². The van der Waals surface area contributed by atoms with Crippen molar-refractivity contribution in [2.75, 3.05) is 57.4 Å². The van der Waals surface area contributed by atoms with Crippen LogP contribution in [0.4, 0.5) is 10.1 Å². The minimum absolute atomic E-state index is 0.151. The summed E-state index contributed by atoms with van der Waals surface area (Å²) >= 11 is 0. The Morgan fingerprint density at radius 3 is 2.43 bits per heavy atom. The van der Waals surface area contributed by atoms with Gasteiger partial charge in [0.05, 0.1) is 6.61 Å². The van der Waals surface area contributed by atoms with Gasteiger partial charge in [-0.15, -0.1) is 0 Å². The van der Waals surface area contributed by atoms with Gasteiger partial charge in [0.15, 0.2) is 0 Å². The van der Waals surface area contributed by atoms with E-state index in [9.17, 15) is 4.39 Å². The van der Waals surface area contributed by atoms with Crippen molar-refractivity contribution < 1.29 is 9.13 Å². The Hall–Kier alpha value is -1.17. The second kappa shape index (κ2) is 6.30. The number of anilines is 1. The van der Waals surface area contributed by atoms with Crippen molar-refractivity contribution >= 4 is 5.69 Å². The Morgan fingerprint density at radius 2 is 1.86 bits per heavy atom. The molecule has 3 rings (SSSR count). The van der Waals surface area contributed by atoms with Crippen LogP contribution in [0.3, 0.4) is 0 Å². The fourth-order valence-corrected chi connectivity index (χ4v) is 3.29. The average molecular weight is 293 g/mol. The highest BCUT2D eigenvalue weighted by Gasteiger charge is 2.36. The number of benzene rings is 1. The van der Waals surface area contributed by atoms with E-state index in [1.165, 1.54) is 12.1 Å². The molecule has 5 heteroatoms. The zero-order valence-corrected chi connectivity index (χ0v) is 12.4. The summed E-state index contributed by atoms with van der Waals surface area (Å²) in [4.78, 5) is 4.80. The van der Waals surface area contributed by atoms with Gasteiger partial charge in [0.25, 0.3) is 0 Å². The monoisotopic (exact) mass is 293 g/mol. The maximum absolute atomic E-state index is 13.0. The molecule has 0 radical (unpaired) electrons. The minimum Gasteiger partial charge on any atom is -0.381 e. The second-order valence-electron chi connectivity index (χ2n) is 6.25. The molecule has 0 aliphatic carbocycles. The van der Waals surface area contributed by atoms with Gasteiger partial charge in [-0.2, -0.15) is 0 Å². The number of piperazine rings is 1. The van der Waals surface area contributed by atoms with Crippen molar-refractivity contribution in [2.45, 2.75) is 6.42 Å². The van der Waals surface area contributed by atoms with Crippen molar-refractivity contribution in [1.29, 1.82) is 0 Å². The molecule has 0 bridgehead atoms. The van der Waals surface area contributed by atoms with Crippen LogP contribution in [0.15, 0.2) is 24.3 Å². The summed E-state index contributed by atoms with van der Waals surface area (Å²) in [6, 6.07) is 6.77. The lowest BCUT2D eigenvalue weighted by Gasteiger charge is -2.40. The summed E-state index contributed by atoms with van der Waals surface area (Å²) in [6.07, 6.45) is 1.07. The lowest BCUT2D eigenvalue weighted by atomic mass is 9.86. The third kappa shape index (κ3) is 3.36. The SMILES string of the molecule is NCC1(CN2CCN(c3ccc(F)cc3)CC2)CCOC1. The van der Waals surface area contributed by atoms with Gasteiger partial charge in [-0.3, -0.25) is 4.90 Å². The zero-order valence-electron chi connectivity index (χ0n) is 12.4. The van der Waals surface area contributed by atoms with E-state index in [1.54, 1.807) is 0 Å². The molecule has 116 valence electrons. The fourth-order valence-electron chi connectivity index (χ4n) is 3.29. The van der Waals surface area contributed by atoms with Crippen molar-refractivity contribution in [1.82, 2.24) is 4.90 Å². The Labute approximate surface area is 125 Å². The normalized spacial score (nSPS) is 27.2. The maximum Gasteiger partial charge on any atom is 0.123 e. The number of hydrogen-bond acceptors (Lipinski definition) is 4. The van der Waals surface area contributed by atoms with Gasteiger partial charge < -0.3 is 15.4 Å². The first-order valence-electron chi connectivity index (χ1n) is 7.71. The summed E-state index contributed by atoms with van der Waals surface area (Å²) in [5.74, 6) is -0.177. The topological polar surface area (TPSA) is 41.7 Å². The summed E-state index contributed by atoms with van der Waals surface area (Å²) in [5, 5.41) is 0. The first kappa shape index (κ1) is 14.8. The molecule has 21 heavy (non-hydrogen) atoms. The van der Waals surface area contributed by atoms with E-state index < -0.39 is 0 Å². The molecule has 2 saturated heterocycles. The molecule has 0 aromatic heterocycles. The van der Waals surface area contributed by atoms with Gasteiger partial charge >= 0.3 is 0 Å². The number of hydrogen-bond donors (Lipinski definition) is 1.